The maximum absolute atomic E-state index is 9.31. The minimum Gasteiger partial charge on any atom is -0.508 e. The molecule has 0 bridgehead atoms. The van der Waals surface area contributed by atoms with E-state index in [0.29, 0.717) is 6.54 Å². The Labute approximate surface area is 117 Å². The Morgan fingerprint density at radius 3 is 2.65 bits per heavy atom. The van der Waals surface area contributed by atoms with E-state index in [9.17, 15) is 5.11 Å². The van der Waals surface area contributed by atoms with E-state index in [1.807, 2.05) is 42.6 Å². The van der Waals surface area contributed by atoms with Crippen LogP contribution in [0.25, 0.3) is 11.4 Å². The van der Waals surface area contributed by atoms with E-state index >= 15 is 0 Å². The number of hydrogen-bond donors (Lipinski definition) is 2. The molecule has 0 aliphatic heterocycles. The lowest BCUT2D eigenvalue weighted by Crippen LogP contribution is -2.01. The number of imidazole rings is 1. The lowest BCUT2D eigenvalue weighted by atomic mass is 10.1. The fourth-order valence-electron chi connectivity index (χ4n) is 2.17. The number of anilines is 1. The maximum atomic E-state index is 9.31. The highest BCUT2D eigenvalue weighted by Gasteiger charge is 2.06. The molecule has 0 spiro atoms. The van der Waals surface area contributed by atoms with Gasteiger partial charge in [0.05, 0.1) is 0 Å². The number of benzene rings is 2. The Bertz CT molecular complexity index is 717. The highest BCUT2D eigenvalue weighted by Crippen LogP contribution is 2.21. The minimum absolute atomic E-state index is 0.274. The van der Waals surface area contributed by atoms with Gasteiger partial charge in [-0.25, -0.2) is 4.98 Å². The second-order valence-electron chi connectivity index (χ2n) is 4.67. The predicted molar refractivity (Wildman–Crippen MR) is 79.3 cm³/mol. The van der Waals surface area contributed by atoms with Gasteiger partial charge < -0.3 is 15.4 Å². The number of phenols is 1. The van der Waals surface area contributed by atoms with E-state index in [1.165, 1.54) is 0 Å². The van der Waals surface area contributed by atoms with Gasteiger partial charge in [0, 0.05) is 30.2 Å². The van der Waals surface area contributed by atoms with Crippen LogP contribution in [0.4, 0.5) is 5.69 Å². The van der Waals surface area contributed by atoms with Gasteiger partial charge in [0.1, 0.15) is 11.6 Å². The van der Waals surface area contributed by atoms with Crippen molar-refractivity contribution in [2.24, 2.45) is 0 Å². The summed E-state index contributed by atoms with van der Waals surface area (Å²) >= 11 is 0. The van der Waals surface area contributed by atoms with Crippen molar-refractivity contribution in [3.8, 4) is 17.1 Å². The Morgan fingerprint density at radius 2 is 1.90 bits per heavy atom. The third-order valence-corrected chi connectivity index (χ3v) is 3.15. The monoisotopic (exact) mass is 265 g/mol. The van der Waals surface area contributed by atoms with E-state index in [1.54, 1.807) is 18.3 Å². The fraction of sp³-hybridized carbons (Fsp3) is 0.0625. The van der Waals surface area contributed by atoms with Crippen molar-refractivity contribution in [2.45, 2.75) is 6.54 Å². The van der Waals surface area contributed by atoms with E-state index in [-0.39, 0.29) is 5.75 Å². The first kappa shape index (κ1) is 12.3. The van der Waals surface area contributed by atoms with Crippen LogP contribution in [-0.2, 0) is 6.54 Å². The lowest BCUT2D eigenvalue weighted by Gasteiger charge is -2.08. The molecule has 0 aliphatic carbocycles. The molecule has 1 aromatic heterocycles. The zero-order chi connectivity index (χ0) is 13.9. The molecule has 20 heavy (non-hydrogen) atoms. The molecule has 0 amide bonds. The van der Waals surface area contributed by atoms with Crippen LogP contribution in [0.2, 0.25) is 0 Å². The van der Waals surface area contributed by atoms with Crippen molar-refractivity contribution in [2.75, 3.05) is 5.73 Å². The summed E-state index contributed by atoms with van der Waals surface area (Å²) in [5, 5.41) is 9.31. The SMILES string of the molecule is Nc1cccc(-c2nccn2Cc2ccc(O)cc2)c1. The van der Waals surface area contributed by atoms with Gasteiger partial charge in [-0.05, 0) is 29.8 Å². The molecule has 0 saturated carbocycles. The summed E-state index contributed by atoms with van der Waals surface area (Å²) in [5.41, 5.74) is 8.64. The van der Waals surface area contributed by atoms with Gasteiger partial charge in [-0.2, -0.15) is 0 Å². The molecule has 4 heteroatoms. The Morgan fingerprint density at radius 1 is 1.10 bits per heavy atom. The Kier molecular flexibility index (Phi) is 3.13. The highest BCUT2D eigenvalue weighted by molar-refractivity contribution is 5.61. The van der Waals surface area contributed by atoms with Gasteiger partial charge in [-0.15, -0.1) is 0 Å². The molecular weight excluding hydrogens is 250 g/mol. The highest BCUT2D eigenvalue weighted by atomic mass is 16.3. The second-order valence-corrected chi connectivity index (χ2v) is 4.67. The minimum atomic E-state index is 0.274. The number of nitrogens with two attached hydrogens (primary N) is 1. The molecule has 0 fully saturated rings. The fourth-order valence-corrected chi connectivity index (χ4v) is 2.17. The molecule has 0 unspecified atom stereocenters. The van der Waals surface area contributed by atoms with Gasteiger partial charge in [0.15, 0.2) is 0 Å². The molecule has 1 heterocycles. The number of rotatable bonds is 3. The molecule has 4 nitrogen and oxygen atoms in total. The normalized spacial score (nSPS) is 10.6. The predicted octanol–water partition coefficient (Wildman–Crippen LogP) is 2.89. The first-order chi connectivity index (χ1) is 9.72. The number of nitrogens with zero attached hydrogens (tertiary/aromatic N) is 2. The Balaban J connectivity index is 1.92. The van der Waals surface area contributed by atoms with Crippen LogP contribution in [0.15, 0.2) is 60.9 Å². The zero-order valence-electron chi connectivity index (χ0n) is 10.9. The number of phenolic OH excluding ortho intramolecular Hbond substituents is 1. The summed E-state index contributed by atoms with van der Waals surface area (Å²) in [5.74, 6) is 1.15. The van der Waals surface area contributed by atoms with Crippen LogP contribution in [0.5, 0.6) is 5.75 Å². The summed E-state index contributed by atoms with van der Waals surface area (Å²) in [4.78, 5) is 4.40. The van der Waals surface area contributed by atoms with Crippen LogP contribution in [0, 0.1) is 0 Å². The van der Waals surface area contributed by atoms with E-state index in [4.69, 9.17) is 5.73 Å². The quantitative estimate of drug-likeness (QED) is 0.716. The zero-order valence-corrected chi connectivity index (χ0v) is 10.9. The third kappa shape index (κ3) is 2.49. The smallest absolute Gasteiger partial charge is 0.140 e. The van der Waals surface area contributed by atoms with E-state index in [2.05, 4.69) is 9.55 Å². The lowest BCUT2D eigenvalue weighted by molar-refractivity contribution is 0.475. The summed E-state index contributed by atoms with van der Waals surface area (Å²) in [6, 6.07) is 14.9. The number of aromatic nitrogens is 2. The van der Waals surface area contributed by atoms with Gasteiger partial charge >= 0.3 is 0 Å². The van der Waals surface area contributed by atoms with Crippen LogP contribution in [0.1, 0.15) is 5.56 Å². The topological polar surface area (TPSA) is 64.1 Å². The average Bonchev–Trinajstić information content (AvgIpc) is 2.89. The maximum Gasteiger partial charge on any atom is 0.140 e. The van der Waals surface area contributed by atoms with Crippen LogP contribution < -0.4 is 5.73 Å². The average molecular weight is 265 g/mol. The summed E-state index contributed by atoms with van der Waals surface area (Å²) in [6.45, 7) is 0.699. The van der Waals surface area contributed by atoms with Crippen molar-refractivity contribution < 1.29 is 5.11 Å². The molecule has 3 aromatic rings. The van der Waals surface area contributed by atoms with Crippen molar-refractivity contribution in [1.29, 1.82) is 0 Å². The Hall–Kier alpha value is -2.75. The largest absolute Gasteiger partial charge is 0.508 e. The number of aromatic hydroxyl groups is 1. The molecule has 3 rings (SSSR count). The first-order valence-electron chi connectivity index (χ1n) is 6.37. The van der Waals surface area contributed by atoms with Crippen LogP contribution >= 0.6 is 0 Å². The summed E-state index contributed by atoms with van der Waals surface area (Å²) < 4.78 is 2.06. The molecule has 3 N–H and O–H groups in total. The molecule has 100 valence electrons. The molecule has 0 radical (unpaired) electrons. The van der Waals surface area contributed by atoms with Gasteiger partial charge in [0.25, 0.3) is 0 Å². The van der Waals surface area contributed by atoms with Gasteiger partial charge in [-0.3, -0.25) is 0 Å². The molecule has 0 saturated heterocycles. The van der Waals surface area contributed by atoms with E-state index in [0.717, 1.165) is 22.6 Å². The van der Waals surface area contributed by atoms with Crippen molar-refractivity contribution in [3.63, 3.8) is 0 Å². The first-order valence-corrected chi connectivity index (χ1v) is 6.37. The standard InChI is InChI=1S/C16H15N3O/c17-14-3-1-2-13(10-14)16-18-8-9-19(16)11-12-4-6-15(20)7-5-12/h1-10,20H,11,17H2. The summed E-state index contributed by atoms with van der Waals surface area (Å²) in [7, 11) is 0. The molecule has 2 aromatic carbocycles. The number of nitrogen functional groups attached to an aromatic ring is 1. The third-order valence-electron chi connectivity index (χ3n) is 3.15. The van der Waals surface area contributed by atoms with Crippen molar-refractivity contribution in [1.82, 2.24) is 9.55 Å². The van der Waals surface area contributed by atoms with Crippen LogP contribution in [-0.4, -0.2) is 14.7 Å². The molecule has 0 atom stereocenters. The molecule has 0 aliphatic rings. The summed E-state index contributed by atoms with van der Waals surface area (Å²) in [6.07, 6.45) is 3.71. The van der Waals surface area contributed by atoms with Gasteiger partial charge in [-0.1, -0.05) is 24.3 Å². The van der Waals surface area contributed by atoms with Gasteiger partial charge in [0.2, 0.25) is 0 Å². The number of hydrogen-bond acceptors (Lipinski definition) is 3. The molecular formula is C16H15N3O. The van der Waals surface area contributed by atoms with E-state index < -0.39 is 0 Å². The van der Waals surface area contributed by atoms with Crippen molar-refractivity contribution >= 4 is 5.69 Å². The van der Waals surface area contributed by atoms with Crippen LogP contribution in [0.3, 0.4) is 0 Å². The van der Waals surface area contributed by atoms with Crippen molar-refractivity contribution in [3.05, 3.63) is 66.5 Å². The second kappa shape index (κ2) is 5.09.